The Morgan fingerprint density at radius 3 is 2.65 bits per heavy atom. The summed E-state index contributed by atoms with van der Waals surface area (Å²) in [6.07, 6.45) is 1.62. The first-order chi connectivity index (χ1) is 12.5. The molecule has 4 aromatic rings. The molecule has 0 N–H and O–H groups in total. The van der Waals surface area contributed by atoms with Gasteiger partial charge in [-0.1, -0.05) is 19.9 Å². The molecule has 0 aliphatic carbocycles. The van der Waals surface area contributed by atoms with E-state index in [-0.39, 0.29) is 11.7 Å². The fraction of sp³-hybridized carbons (Fsp3) is 0.200. The lowest BCUT2D eigenvalue weighted by molar-refractivity contribution is 0.103. The quantitative estimate of drug-likeness (QED) is 0.477. The molecular weight excluding hydrogens is 346 g/mol. The van der Waals surface area contributed by atoms with Gasteiger partial charge in [0.25, 0.3) is 0 Å². The number of carbonyl (C=O) groups is 1. The molecule has 5 nitrogen and oxygen atoms in total. The number of fused-ring (bicyclic) bond motifs is 1. The third-order valence-electron chi connectivity index (χ3n) is 4.05. The van der Waals surface area contributed by atoms with Gasteiger partial charge in [0, 0.05) is 11.6 Å². The van der Waals surface area contributed by atoms with Crippen molar-refractivity contribution in [2.75, 3.05) is 0 Å². The molecule has 4 heterocycles. The maximum atomic E-state index is 12.7. The first-order valence-corrected chi connectivity index (χ1v) is 9.18. The van der Waals surface area contributed by atoms with E-state index < -0.39 is 0 Å². The highest BCUT2D eigenvalue weighted by Gasteiger charge is 2.20. The van der Waals surface area contributed by atoms with Crippen molar-refractivity contribution in [2.24, 2.45) is 0 Å². The first-order valence-electron chi connectivity index (χ1n) is 8.37. The maximum Gasteiger partial charge on any atom is 0.221 e. The van der Waals surface area contributed by atoms with Gasteiger partial charge in [0.15, 0.2) is 11.6 Å². The summed E-state index contributed by atoms with van der Waals surface area (Å²) in [5.74, 6) is 2.10. The summed E-state index contributed by atoms with van der Waals surface area (Å²) >= 11 is 1.37. The van der Waals surface area contributed by atoms with Crippen LogP contribution in [0.3, 0.4) is 0 Å². The minimum absolute atomic E-state index is 0.0984. The standard InChI is InChI=1S/C20H17N3O2S/c1-11(2)17-13-10-16(18(24)14-6-4-5-9-21-14)26-20(13)23-19(22-17)15-8-7-12(3)25-15/h4-11H,1-3H3. The zero-order chi connectivity index (χ0) is 18.3. The number of pyridine rings is 1. The van der Waals surface area contributed by atoms with E-state index in [2.05, 4.69) is 23.8 Å². The Kier molecular flexibility index (Phi) is 4.12. The van der Waals surface area contributed by atoms with Crippen molar-refractivity contribution < 1.29 is 9.21 Å². The van der Waals surface area contributed by atoms with Crippen LogP contribution >= 0.6 is 11.3 Å². The summed E-state index contributed by atoms with van der Waals surface area (Å²) in [6.45, 7) is 6.05. The molecule has 0 bridgehead atoms. The minimum Gasteiger partial charge on any atom is -0.458 e. The summed E-state index contributed by atoms with van der Waals surface area (Å²) in [6, 6.07) is 11.0. The monoisotopic (exact) mass is 363 g/mol. The maximum absolute atomic E-state index is 12.7. The molecule has 0 radical (unpaired) electrons. The summed E-state index contributed by atoms with van der Waals surface area (Å²) < 4.78 is 5.68. The van der Waals surface area contributed by atoms with E-state index in [0.29, 0.717) is 22.2 Å². The second-order valence-electron chi connectivity index (χ2n) is 6.37. The predicted molar refractivity (Wildman–Crippen MR) is 102 cm³/mol. The smallest absolute Gasteiger partial charge is 0.221 e. The second kappa shape index (κ2) is 6.46. The normalized spacial score (nSPS) is 11.4. The van der Waals surface area contributed by atoms with Gasteiger partial charge in [0.05, 0.1) is 10.6 Å². The molecule has 0 aliphatic heterocycles. The largest absolute Gasteiger partial charge is 0.458 e. The fourth-order valence-electron chi connectivity index (χ4n) is 2.78. The number of ketones is 1. The summed E-state index contributed by atoms with van der Waals surface area (Å²) in [5.41, 5.74) is 1.34. The second-order valence-corrected chi connectivity index (χ2v) is 7.40. The molecule has 26 heavy (non-hydrogen) atoms. The van der Waals surface area contributed by atoms with Crippen LogP contribution in [0.4, 0.5) is 0 Å². The van der Waals surface area contributed by atoms with Crippen molar-refractivity contribution in [2.45, 2.75) is 26.7 Å². The van der Waals surface area contributed by atoms with Gasteiger partial charge in [-0.3, -0.25) is 9.78 Å². The molecule has 0 amide bonds. The molecule has 0 fully saturated rings. The summed E-state index contributed by atoms with van der Waals surface area (Å²) in [5, 5.41) is 0.913. The number of nitrogens with zero attached hydrogens (tertiary/aromatic N) is 3. The Morgan fingerprint density at radius 1 is 1.15 bits per heavy atom. The molecule has 0 aliphatic rings. The zero-order valence-electron chi connectivity index (χ0n) is 14.7. The SMILES string of the molecule is Cc1ccc(-c2nc(C(C)C)c3cc(C(=O)c4ccccn4)sc3n2)o1. The van der Waals surface area contributed by atoms with Gasteiger partial charge in [-0.05, 0) is 43.2 Å². The topological polar surface area (TPSA) is 68.9 Å². The summed E-state index contributed by atoms with van der Waals surface area (Å²) in [7, 11) is 0. The van der Waals surface area contributed by atoms with Gasteiger partial charge in [-0.2, -0.15) is 0 Å². The van der Waals surface area contributed by atoms with Gasteiger partial charge < -0.3 is 4.42 Å². The van der Waals surface area contributed by atoms with E-state index in [1.54, 1.807) is 18.3 Å². The van der Waals surface area contributed by atoms with Crippen LogP contribution in [0.2, 0.25) is 0 Å². The number of carbonyl (C=O) groups excluding carboxylic acids is 1. The van der Waals surface area contributed by atoms with Crippen molar-refractivity contribution in [1.29, 1.82) is 0 Å². The van der Waals surface area contributed by atoms with Gasteiger partial charge in [0.2, 0.25) is 5.78 Å². The van der Waals surface area contributed by atoms with Crippen molar-refractivity contribution in [3.8, 4) is 11.6 Å². The Bertz CT molecular complexity index is 1100. The van der Waals surface area contributed by atoms with Crippen LogP contribution in [0.5, 0.6) is 0 Å². The average molecular weight is 363 g/mol. The van der Waals surface area contributed by atoms with E-state index in [4.69, 9.17) is 9.40 Å². The van der Waals surface area contributed by atoms with Crippen LogP contribution in [0.1, 0.15) is 46.6 Å². The fourth-order valence-corrected chi connectivity index (χ4v) is 3.77. The molecule has 4 rings (SSSR count). The van der Waals surface area contributed by atoms with E-state index >= 15 is 0 Å². The van der Waals surface area contributed by atoms with Crippen molar-refractivity contribution in [1.82, 2.24) is 15.0 Å². The van der Waals surface area contributed by atoms with E-state index in [1.165, 1.54) is 11.3 Å². The summed E-state index contributed by atoms with van der Waals surface area (Å²) in [4.78, 5) is 27.6. The van der Waals surface area contributed by atoms with Crippen molar-refractivity contribution in [3.05, 3.63) is 64.6 Å². The lowest BCUT2D eigenvalue weighted by atomic mass is 10.1. The van der Waals surface area contributed by atoms with Crippen LogP contribution in [-0.4, -0.2) is 20.7 Å². The van der Waals surface area contributed by atoms with Crippen molar-refractivity contribution in [3.63, 3.8) is 0 Å². The Hall–Kier alpha value is -2.86. The highest BCUT2D eigenvalue weighted by Crippen LogP contribution is 2.33. The zero-order valence-corrected chi connectivity index (χ0v) is 15.5. The van der Waals surface area contributed by atoms with Crippen LogP contribution in [0, 0.1) is 6.92 Å². The van der Waals surface area contributed by atoms with Crippen LogP contribution in [0.15, 0.2) is 47.0 Å². The molecule has 6 heteroatoms. The molecule has 0 atom stereocenters. The molecule has 0 saturated heterocycles. The molecule has 4 aromatic heterocycles. The Labute approximate surface area is 154 Å². The van der Waals surface area contributed by atoms with Gasteiger partial charge in [-0.15, -0.1) is 11.3 Å². The highest BCUT2D eigenvalue weighted by atomic mass is 32.1. The third-order valence-corrected chi connectivity index (χ3v) is 5.08. The molecule has 0 spiro atoms. The number of hydrogen-bond acceptors (Lipinski definition) is 6. The first kappa shape index (κ1) is 16.6. The van der Waals surface area contributed by atoms with Gasteiger partial charge in [0.1, 0.15) is 16.3 Å². The van der Waals surface area contributed by atoms with Crippen LogP contribution in [0.25, 0.3) is 21.8 Å². The van der Waals surface area contributed by atoms with Crippen LogP contribution in [-0.2, 0) is 0 Å². The lowest BCUT2D eigenvalue weighted by Crippen LogP contribution is -2.00. The van der Waals surface area contributed by atoms with Gasteiger partial charge in [-0.25, -0.2) is 9.97 Å². The van der Waals surface area contributed by atoms with E-state index in [1.807, 2.05) is 31.2 Å². The Morgan fingerprint density at radius 2 is 2.00 bits per heavy atom. The Balaban J connectivity index is 1.86. The molecule has 0 unspecified atom stereocenters. The minimum atomic E-state index is -0.0984. The van der Waals surface area contributed by atoms with Gasteiger partial charge >= 0.3 is 0 Å². The molecule has 130 valence electrons. The van der Waals surface area contributed by atoms with E-state index in [0.717, 1.165) is 21.7 Å². The third kappa shape index (κ3) is 2.93. The lowest BCUT2D eigenvalue weighted by Gasteiger charge is -2.07. The van der Waals surface area contributed by atoms with Crippen molar-refractivity contribution >= 4 is 27.3 Å². The molecule has 0 aromatic carbocycles. The number of aromatic nitrogens is 3. The predicted octanol–water partition coefficient (Wildman–Crippen LogP) is 5.01. The van der Waals surface area contributed by atoms with Crippen LogP contribution < -0.4 is 0 Å². The average Bonchev–Trinajstić information content (AvgIpc) is 3.26. The molecular formula is C20H17N3O2S. The number of thiophene rings is 1. The number of aryl methyl sites for hydroxylation is 1. The number of rotatable bonds is 4. The number of furan rings is 1. The number of hydrogen-bond donors (Lipinski definition) is 0. The molecule has 0 saturated carbocycles. The highest BCUT2D eigenvalue weighted by molar-refractivity contribution is 7.20. The van der Waals surface area contributed by atoms with E-state index in [9.17, 15) is 4.79 Å².